The lowest BCUT2D eigenvalue weighted by Crippen LogP contribution is -2.49. The Morgan fingerprint density at radius 2 is 0.914 bits per heavy atom. The number of esters is 2. The first-order valence-corrected chi connectivity index (χ1v) is 29.2. The van der Waals surface area contributed by atoms with Crippen LogP contribution >= 0.6 is 0 Å². The third-order valence-electron chi connectivity index (χ3n) is 13.3. The Kier molecular flexibility index (Phi) is 45.9. The molecule has 0 radical (unpaired) electrons. The maximum atomic E-state index is 12.9. The second-order valence-corrected chi connectivity index (χ2v) is 20.0. The molecule has 0 spiro atoms. The van der Waals surface area contributed by atoms with Crippen LogP contribution in [-0.4, -0.2) is 102 Å². The average molecular weight is 989 g/mol. The normalized spacial score (nSPS) is 18.6. The van der Waals surface area contributed by atoms with Crippen LogP contribution in [0.1, 0.15) is 252 Å². The number of carbonyl (C=O) groups is 2. The van der Waals surface area contributed by atoms with Gasteiger partial charge in [0.2, 0.25) is 0 Å². The maximum Gasteiger partial charge on any atom is 0.306 e. The zero-order valence-electron chi connectivity index (χ0n) is 45.6. The molecule has 70 heavy (non-hydrogen) atoms. The number of unbranched alkanes of at least 4 members (excludes halogenated alkanes) is 17. The van der Waals surface area contributed by atoms with E-state index in [2.05, 4.69) is 81.2 Å². The summed E-state index contributed by atoms with van der Waals surface area (Å²) in [5, 5.41) is 29.9. The van der Waals surface area contributed by atoms with Gasteiger partial charge in [0, 0.05) is 25.9 Å². The number of ether oxygens (including phenoxy) is 4. The topological polar surface area (TPSA) is 135 Å². The van der Waals surface area contributed by atoms with Crippen molar-refractivity contribution >= 4 is 11.9 Å². The van der Waals surface area contributed by atoms with Crippen LogP contribution in [0.5, 0.6) is 0 Å². The van der Waals surface area contributed by atoms with E-state index >= 15 is 0 Å². The van der Waals surface area contributed by atoms with Gasteiger partial charge in [-0.15, -0.1) is 0 Å². The average Bonchev–Trinajstić information content (AvgIpc) is 3.35. The fourth-order valence-electron chi connectivity index (χ4n) is 8.85. The summed E-state index contributed by atoms with van der Waals surface area (Å²) in [5.41, 5.74) is 0. The molecule has 10 nitrogen and oxygen atoms in total. The van der Waals surface area contributed by atoms with Crippen molar-refractivity contribution < 1.29 is 43.9 Å². The van der Waals surface area contributed by atoms with E-state index in [4.69, 9.17) is 18.9 Å². The molecule has 1 fully saturated rings. The van der Waals surface area contributed by atoms with Crippen LogP contribution in [0.15, 0.2) is 48.6 Å². The summed E-state index contributed by atoms with van der Waals surface area (Å²) in [5.74, 6) is -0.0943. The molecule has 0 amide bonds. The smallest absolute Gasteiger partial charge is 0.306 e. The minimum atomic E-state index is -0.917. The van der Waals surface area contributed by atoms with E-state index in [1.54, 1.807) is 0 Å². The molecule has 1 aliphatic rings. The zero-order chi connectivity index (χ0) is 51.0. The van der Waals surface area contributed by atoms with E-state index < -0.39 is 24.6 Å². The SMILES string of the molecule is CCC/C=C/CCCC(CC/C=C/CCCC)OC(=O)CCCCCCCN(CCCCCCCC(=O)OC(CC/C=C/CCCC)CCC/C=C/CCC)CCCCOC1O[C@H](CO)C(O)C[C@@H]1O. The minimum absolute atomic E-state index is 0.00233. The Bertz CT molecular complexity index is 1230. The van der Waals surface area contributed by atoms with Crippen LogP contribution < -0.4 is 0 Å². The Balaban J connectivity index is 2.55. The Morgan fingerprint density at radius 3 is 1.37 bits per heavy atom. The van der Waals surface area contributed by atoms with E-state index in [-0.39, 0.29) is 37.2 Å². The number of aliphatic hydroxyl groups excluding tert-OH is 3. The first kappa shape index (κ1) is 65.7. The second-order valence-electron chi connectivity index (χ2n) is 20.0. The first-order chi connectivity index (χ1) is 34.3. The van der Waals surface area contributed by atoms with Crippen molar-refractivity contribution in [2.45, 2.75) is 289 Å². The summed E-state index contributed by atoms with van der Waals surface area (Å²) >= 11 is 0. The van der Waals surface area contributed by atoms with E-state index in [0.717, 1.165) is 187 Å². The van der Waals surface area contributed by atoms with Crippen molar-refractivity contribution in [3.63, 3.8) is 0 Å². The van der Waals surface area contributed by atoms with Crippen LogP contribution in [0, 0.1) is 0 Å². The van der Waals surface area contributed by atoms with Crippen molar-refractivity contribution in [2.75, 3.05) is 32.8 Å². The highest BCUT2D eigenvalue weighted by Crippen LogP contribution is 2.22. The molecular weight excluding hydrogens is 879 g/mol. The molecule has 408 valence electrons. The molecule has 0 aromatic rings. The standard InChI is InChI=1S/C60H109NO9/c1-5-9-13-17-23-31-41-53(42-32-24-18-14-10-6-2)68-58(65)45-35-27-21-29-37-47-61(49-39-40-50-67-60-56(64)51-55(63)57(52-62)70-60)48-38-30-22-28-36-46-59(66)69-54(43-33-25-19-15-11-7-3)44-34-26-20-16-12-8-4/h13,15,17-20,24,26,53-57,60,62-64H,5-12,14,16,21-23,25,27-52H2,1-4H3/b17-13+,19-15+,24-18+,26-20+/t53?,54?,55?,56-,57+,60?/m0/s1. The Morgan fingerprint density at radius 1 is 0.500 bits per heavy atom. The van der Waals surface area contributed by atoms with Gasteiger partial charge in [-0.2, -0.15) is 0 Å². The Hall–Kier alpha value is -2.34. The van der Waals surface area contributed by atoms with E-state index in [1.807, 2.05) is 0 Å². The number of allylic oxidation sites excluding steroid dienone is 8. The molecule has 3 N–H and O–H groups in total. The second kappa shape index (κ2) is 48.9. The van der Waals surface area contributed by atoms with Gasteiger partial charge < -0.3 is 39.2 Å². The lowest BCUT2D eigenvalue weighted by molar-refractivity contribution is -0.270. The predicted octanol–water partition coefficient (Wildman–Crippen LogP) is 14.5. The molecule has 1 rings (SSSR count). The molecule has 0 aromatic carbocycles. The summed E-state index contributed by atoms with van der Waals surface area (Å²) in [7, 11) is 0. The molecule has 10 heteroatoms. The molecule has 0 aromatic heterocycles. The van der Waals surface area contributed by atoms with Gasteiger partial charge in [0.05, 0.1) is 12.7 Å². The fraction of sp³-hybridized carbons (Fsp3) is 0.833. The largest absolute Gasteiger partial charge is 0.462 e. The van der Waals surface area contributed by atoms with Crippen molar-refractivity contribution in [1.82, 2.24) is 4.90 Å². The van der Waals surface area contributed by atoms with Crippen LogP contribution in [0.25, 0.3) is 0 Å². The fourth-order valence-corrected chi connectivity index (χ4v) is 8.85. The molecule has 0 bridgehead atoms. The van der Waals surface area contributed by atoms with Gasteiger partial charge in [0.25, 0.3) is 0 Å². The molecular formula is C60H109NO9. The number of carbonyl (C=O) groups excluding carboxylic acids is 2. The summed E-state index contributed by atoms with van der Waals surface area (Å²) < 4.78 is 23.5. The van der Waals surface area contributed by atoms with Crippen LogP contribution in [0.4, 0.5) is 0 Å². The number of hydrogen-bond acceptors (Lipinski definition) is 10. The molecule has 4 unspecified atom stereocenters. The molecule has 1 aliphatic heterocycles. The molecule has 6 atom stereocenters. The quantitative estimate of drug-likeness (QED) is 0.0307. The highest BCUT2D eigenvalue weighted by atomic mass is 16.7. The summed E-state index contributed by atoms with van der Waals surface area (Å²) in [6.45, 7) is 12.0. The van der Waals surface area contributed by atoms with Crippen molar-refractivity contribution in [1.29, 1.82) is 0 Å². The first-order valence-electron chi connectivity index (χ1n) is 29.2. The number of aliphatic hydroxyl groups is 3. The van der Waals surface area contributed by atoms with E-state index in [0.29, 0.717) is 19.4 Å². The molecule has 1 saturated heterocycles. The van der Waals surface area contributed by atoms with Gasteiger partial charge >= 0.3 is 11.9 Å². The monoisotopic (exact) mass is 988 g/mol. The summed E-state index contributed by atoms with van der Waals surface area (Å²) in [6, 6.07) is 0. The van der Waals surface area contributed by atoms with Gasteiger partial charge in [-0.25, -0.2) is 0 Å². The van der Waals surface area contributed by atoms with Crippen LogP contribution in [0.2, 0.25) is 0 Å². The van der Waals surface area contributed by atoms with Crippen molar-refractivity contribution in [3.05, 3.63) is 48.6 Å². The van der Waals surface area contributed by atoms with Crippen molar-refractivity contribution in [3.8, 4) is 0 Å². The summed E-state index contributed by atoms with van der Waals surface area (Å²) in [4.78, 5) is 28.4. The third kappa shape index (κ3) is 39.2. The van der Waals surface area contributed by atoms with Gasteiger partial charge in [-0.3, -0.25) is 9.59 Å². The van der Waals surface area contributed by atoms with Crippen LogP contribution in [-0.2, 0) is 28.5 Å². The lowest BCUT2D eigenvalue weighted by atomic mass is 10.0. The lowest BCUT2D eigenvalue weighted by Gasteiger charge is -2.36. The van der Waals surface area contributed by atoms with E-state index in [9.17, 15) is 24.9 Å². The molecule has 1 heterocycles. The van der Waals surface area contributed by atoms with Crippen molar-refractivity contribution in [2.24, 2.45) is 0 Å². The molecule has 0 saturated carbocycles. The summed E-state index contributed by atoms with van der Waals surface area (Å²) in [6.07, 6.45) is 49.6. The highest BCUT2D eigenvalue weighted by molar-refractivity contribution is 5.69. The predicted molar refractivity (Wildman–Crippen MR) is 291 cm³/mol. The Labute approximate surface area is 429 Å². The number of hydrogen-bond donors (Lipinski definition) is 3. The van der Waals surface area contributed by atoms with Gasteiger partial charge in [0.1, 0.15) is 24.4 Å². The highest BCUT2D eigenvalue weighted by Gasteiger charge is 2.36. The zero-order valence-corrected chi connectivity index (χ0v) is 45.6. The maximum absolute atomic E-state index is 12.9. The van der Waals surface area contributed by atoms with Gasteiger partial charge in [-0.1, -0.05) is 153 Å². The van der Waals surface area contributed by atoms with Gasteiger partial charge in [-0.05, 0) is 148 Å². The van der Waals surface area contributed by atoms with Gasteiger partial charge in [0.15, 0.2) is 6.29 Å². The minimum Gasteiger partial charge on any atom is -0.462 e. The molecule has 0 aliphatic carbocycles. The number of nitrogens with zero attached hydrogens (tertiary/aromatic N) is 1. The van der Waals surface area contributed by atoms with Crippen LogP contribution in [0.3, 0.4) is 0 Å². The number of rotatable bonds is 49. The van der Waals surface area contributed by atoms with E-state index in [1.165, 1.54) is 38.5 Å². The third-order valence-corrected chi connectivity index (χ3v) is 13.3.